The van der Waals surface area contributed by atoms with Crippen LogP contribution < -0.4 is 10.0 Å². The molecule has 0 unspecified atom stereocenters. The van der Waals surface area contributed by atoms with Crippen LogP contribution in [0.4, 0.5) is 0 Å². The third-order valence-electron chi connectivity index (χ3n) is 5.67. The van der Waals surface area contributed by atoms with Crippen LogP contribution in [0.15, 0.2) is 95.0 Å². The van der Waals surface area contributed by atoms with Crippen molar-refractivity contribution >= 4 is 27.7 Å². The van der Waals surface area contributed by atoms with Crippen LogP contribution in [-0.4, -0.2) is 41.8 Å². The fraction of sp³-hybridized carbons (Fsp3) is 0.222. The summed E-state index contributed by atoms with van der Waals surface area (Å²) in [7, 11) is -3.65. The van der Waals surface area contributed by atoms with Crippen molar-refractivity contribution in [3.63, 3.8) is 0 Å². The second-order valence-corrected chi connectivity index (χ2v) is 11.2. The lowest BCUT2D eigenvalue weighted by Gasteiger charge is -2.15. The number of sulfonamides is 1. The summed E-state index contributed by atoms with van der Waals surface area (Å²) < 4.78 is 28.2. The van der Waals surface area contributed by atoms with Crippen LogP contribution in [0.1, 0.15) is 30.5 Å². The molecule has 0 fully saturated rings. The van der Waals surface area contributed by atoms with Crippen molar-refractivity contribution in [2.45, 2.75) is 35.9 Å². The molecule has 0 saturated carbocycles. The molecule has 8 nitrogen and oxygen atoms in total. The molecular formula is C27H29N5O3S2. The van der Waals surface area contributed by atoms with Gasteiger partial charge < -0.3 is 5.32 Å². The largest absolute Gasteiger partial charge is 0.355 e. The standard InChI is InChI=1S/C27H29N5O3S2/c1-20(22-8-4-2-5-9-22)32-37(34,35)24-15-12-21(13-16-24)14-17-25(33)28-18-19-36-27-29-26(30-31-27)23-10-6-3-7-11-23/h2-13,15-16,20,32H,14,17-19H2,1H3,(H,28,33)(H,29,30,31)/t20-/m0/s1. The summed E-state index contributed by atoms with van der Waals surface area (Å²) in [5, 5.41) is 10.7. The summed E-state index contributed by atoms with van der Waals surface area (Å²) >= 11 is 1.47. The fourth-order valence-corrected chi connectivity index (χ4v) is 5.55. The first kappa shape index (κ1) is 26.6. The van der Waals surface area contributed by atoms with Gasteiger partial charge in [-0.25, -0.2) is 18.1 Å². The van der Waals surface area contributed by atoms with Crippen molar-refractivity contribution in [2.24, 2.45) is 0 Å². The number of carbonyl (C=O) groups is 1. The summed E-state index contributed by atoms with van der Waals surface area (Å²) in [6.07, 6.45) is 0.841. The van der Waals surface area contributed by atoms with E-state index in [-0.39, 0.29) is 16.8 Å². The molecule has 1 heterocycles. The average molecular weight is 536 g/mol. The number of benzene rings is 3. The lowest BCUT2D eigenvalue weighted by atomic mass is 10.1. The Morgan fingerprint density at radius 2 is 1.65 bits per heavy atom. The summed E-state index contributed by atoms with van der Waals surface area (Å²) in [5.41, 5.74) is 2.76. The van der Waals surface area contributed by atoms with Crippen LogP contribution >= 0.6 is 11.8 Å². The topological polar surface area (TPSA) is 117 Å². The molecule has 10 heteroatoms. The van der Waals surface area contributed by atoms with Gasteiger partial charge in [0.1, 0.15) is 0 Å². The predicted octanol–water partition coefficient (Wildman–Crippen LogP) is 4.35. The first-order valence-electron chi connectivity index (χ1n) is 11.9. The number of aromatic amines is 1. The molecule has 1 atom stereocenters. The van der Waals surface area contributed by atoms with E-state index in [0.717, 1.165) is 16.7 Å². The number of nitrogens with one attached hydrogen (secondary N) is 3. The Bertz CT molecular complexity index is 1390. The molecule has 0 saturated heterocycles. The third kappa shape index (κ3) is 7.75. The average Bonchev–Trinajstić information content (AvgIpc) is 3.40. The van der Waals surface area contributed by atoms with Crippen molar-refractivity contribution < 1.29 is 13.2 Å². The van der Waals surface area contributed by atoms with Gasteiger partial charge in [0.25, 0.3) is 0 Å². The maximum Gasteiger partial charge on any atom is 0.241 e. The number of nitrogens with zero attached hydrogens (tertiary/aromatic N) is 2. The van der Waals surface area contributed by atoms with Gasteiger partial charge in [-0.15, -0.1) is 5.10 Å². The Balaban J connectivity index is 1.18. The molecule has 0 aliphatic carbocycles. The number of hydrogen-bond donors (Lipinski definition) is 3. The molecule has 0 spiro atoms. The van der Waals surface area contributed by atoms with Gasteiger partial charge in [-0.05, 0) is 36.6 Å². The van der Waals surface area contributed by atoms with Crippen LogP contribution in [0.3, 0.4) is 0 Å². The minimum Gasteiger partial charge on any atom is -0.355 e. The summed E-state index contributed by atoms with van der Waals surface area (Å²) in [6.45, 7) is 2.31. The highest BCUT2D eigenvalue weighted by Gasteiger charge is 2.18. The van der Waals surface area contributed by atoms with E-state index in [1.807, 2.05) is 67.6 Å². The van der Waals surface area contributed by atoms with E-state index in [9.17, 15) is 13.2 Å². The molecule has 1 amide bonds. The second kappa shape index (κ2) is 12.7. The lowest BCUT2D eigenvalue weighted by molar-refractivity contribution is -0.120. The Morgan fingerprint density at radius 1 is 0.973 bits per heavy atom. The molecule has 37 heavy (non-hydrogen) atoms. The zero-order chi connectivity index (χ0) is 26.1. The van der Waals surface area contributed by atoms with E-state index in [1.54, 1.807) is 24.3 Å². The van der Waals surface area contributed by atoms with Crippen molar-refractivity contribution in [3.8, 4) is 11.4 Å². The smallest absolute Gasteiger partial charge is 0.241 e. The molecule has 192 valence electrons. The molecule has 0 aliphatic rings. The van der Waals surface area contributed by atoms with Crippen molar-refractivity contribution in [2.75, 3.05) is 12.3 Å². The highest BCUT2D eigenvalue weighted by Crippen LogP contribution is 2.19. The SMILES string of the molecule is C[C@H](NS(=O)(=O)c1ccc(CCC(=O)NCCSc2n[nH]c(-c3ccccc3)n2)cc1)c1ccccc1. The lowest BCUT2D eigenvalue weighted by Crippen LogP contribution is -2.27. The zero-order valence-corrected chi connectivity index (χ0v) is 22.1. The van der Waals surface area contributed by atoms with E-state index in [2.05, 4.69) is 25.2 Å². The van der Waals surface area contributed by atoms with Gasteiger partial charge in [-0.1, -0.05) is 84.6 Å². The molecule has 4 aromatic rings. The minimum atomic E-state index is -3.65. The monoisotopic (exact) mass is 535 g/mol. The number of amides is 1. The number of aryl methyl sites for hydroxylation is 1. The quantitative estimate of drug-likeness (QED) is 0.183. The van der Waals surface area contributed by atoms with Crippen molar-refractivity contribution in [1.29, 1.82) is 0 Å². The van der Waals surface area contributed by atoms with Gasteiger partial charge in [0.15, 0.2) is 5.82 Å². The molecule has 3 N–H and O–H groups in total. The van der Waals surface area contributed by atoms with Gasteiger partial charge in [0.05, 0.1) is 4.90 Å². The summed E-state index contributed by atoms with van der Waals surface area (Å²) in [4.78, 5) is 16.9. The van der Waals surface area contributed by atoms with E-state index >= 15 is 0 Å². The second-order valence-electron chi connectivity index (χ2n) is 8.43. The van der Waals surface area contributed by atoms with E-state index in [4.69, 9.17) is 0 Å². The minimum absolute atomic E-state index is 0.0596. The van der Waals surface area contributed by atoms with Crippen molar-refractivity contribution in [3.05, 3.63) is 96.1 Å². The van der Waals surface area contributed by atoms with Gasteiger partial charge in [0.2, 0.25) is 21.1 Å². The Hall–Kier alpha value is -3.47. The van der Waals surface area contributed by atoms with E-state index in [0.29, 0.717) is 36.1 Å². The normalized spacial score (nSPS) is 12.2. The number of thioether (sulfide) groups is 1. The van der Waals surface area contributed by atoms with Gasteiger partial charge in [-0.2, -0.15) is 0 Å². The molecule has 0 bridgehead atoms. The van der Waals surface area contributed by atoms with Crippen LogP contribution in [-0.2, 0) is 21.2 Å². The van der Waals surface area contributed by atoms with E-state index in [1.165, 1.54) is 11.8 Å². The van der Waals surface area contributed by atoms with Gasteiger partial charge >= 0.3 is 0 Å². The maximum absolute atomic E-state index is 12.7. The number of H-pyrrole nitrogens is 1. The number of aromatic nitrogens is 3. The van der Waals surface area contributed by atoms with E-state index < -0.39 is 10.0 Å². The number of carbonyl (C=O) groups excluding carboxylic acids is 1. The molecule has 3 aromatic carbocycles. The number of hydrogen-bond acceptors (Lipinski definition) is 6. The highest BCUT2D eigenvalue weighted by molar-refractivity contribution is 7.99. The van der Waals surface area contributed by atoms with Crippen LogP contribution in [0, 0.1) is 0 Å². The number of rotatable bonds is 12. The van der Waals surface area contributed by atoms with Crippen molar-refractivity contribution in [1.82, 2.24) is 25.2 Å². The highest BCUT2D eigenvalue weighted by atomic mass is 32.2. The fourth-order valence-electron chi connectivity index (χ4n) is 3.66. The zero-order valence-electron chi connectivity index (χ0n) is 20.4. The predicted molar refractivity (Wildman–Crippen MR) is 145 cm³/mol. The Labute approximate surface area is 221 Å². The van der Waals surface area contributed by atoms with Crippen LogP contribution in [0.2, 0.25) is 0 Å². The Morgan fingerprint density at radius 3 is 2.35 bits per heavy atom. The molecule has 4 rings (SSSR count). The summed E-state index contributed by atoms with van der Waals surface area (Å²) in [5.74, 6) is 1.31. The van der Waals surface area contributed by atoms with Gasteiger partial charge in [0, 0.05) is 30.3 Å². The third-order valence-corrected chi connectivity index (χ3v) is 8.08. The summed E-state index contributed by atoms with van der Waals surface area (Å²) in [6, 6.07) is 25.5. The first-order chi connectivity index (χ1) is 17.9. The molecule has 0 radical (unpaired) electrons. The molecule has 0 aliphatic heterocycles. The first-order valence-corrected chi connectivity index (χ1v) is 14.4. The van der Waals surface area contributed by atoms with Gasteiger partial charge in [-0.3, -0.25) is 9.89 Å². The van der Waals surface area contributed by atoms with Crippen LogP contribution in [0.25, 0.3) is 11.4 Å². The molecular weight excluding hydrogens is 506 g/mol. The van der Waals surface area contributed by atoms with Crippen LogP contribution in [0.5, 0.6) is 0 Å². The molecule has 1 aromatic heterocycles. The maximum atomic E-state index is 12.7. The Kier molecular flexibility index (Phi) is 9.10.